The second-order valence-corrected chi connectivity index (χ2v) is 13.0. The Labute approximate surface area is 149 Å². The van der Waals surface area contributed by atoms with E-state index in [4.69, 9.17) is 4.74 Å². The molecule has 0 bridgehead atoms. The number of thiophene rings is 1. The fourth-order valence-electron chi connectivity index (χ4n) is 2.52. The van der Waals surface area contributed by atoms with Crippen molar-refractivity contribution in [3.05, 3.63) is 56.3 Å². The van der Waals surface area contributed by atoms with E-state index in [1.807, 2.05) is 13.0 Å². The summed E-state index contributed by atoms with van der Waals surface area (Å²) in [4.78, 5) is 12.9. The summed E-state index contributed by atoms with van der Waals surface area (Å²) in [5, 5.41) is 0. The van der Waals surface area contributed by atoms with Gasteiger partial charge in [0.1, 0.15) is 14.2 Å². The van der Waals surface area contributed by atoms with Crippen LogP contribution in [-0.4, -0.2) is 21.5 Å². The van der Waals surface area contributed by atoms with Gasteiger partial charge in [0.15, 0.2) is 6.29 Å². The monoisotopic (exact) mass is 356 g/mol. The highest BCUT2D eigenvalue weighted by atomic mass is 32.1. The fraction of sp³-hybridized carbons (Fsp3) is 0.350. The summed E-state index contributed by atoms with van der Waals surface area (Å²) >= 11 is 1.51. The maximum absolute atomic E-state index is 11.1. The second kappa shape index (κ2) is 7.48. The number of aldehydes is 1. The Hall–Kier alpha value is -1.67. The third-order valence-corrected chi connectivity index (χ3v) is 5.62. The van der Waals surface area contributed by atoms with Crippen LogP contribution in [0.5, 0.6) is 0 Å². The van der Waals surface area contributed by atoms with Crippen molar-refractivity contribution in [1.82, 2.24) is 0 Å². The Kier molecular flexibility index (Phi) is 5.82. The Balaban J connectivity index is 2.49. The summed E-state index contributed by atoms with van der Waals surface area (Å²) in [6, 6.07) is 8.21. The van der Waals surface area contributed by atoms with Crippen molar-refractivity contribution in [1.29, 1.82) is 0 Å². The highest BCUT2D eigenvalue weighted by molar-refractivity contribution is 7.13. The lowest BCUT2D eigenvalue weighted by Gasteiger charge is -2.18. The molecule has 1 atom stereocenters. The predicted molar refractivity (Wildman–Crippen MR) is 105 cm³/mol. The van der Waals surface area contributed by atoms with Gasteiger partial charge in [-0.25, -0.2) is 0 Å². The van der Waals surface area contributed by atoms with Crippen LogP contribution in [0.3, 0.4) is 0 Å². The quantitative estimate of drug-likeness (QED) is 0.430. The molecule has 24 heavy (non-hydrogen) atoms. The molecule has 2 nitrogen and oxygen atoms in total. The van der Waals surface area contributed by atoms with E-state index in [0.717, 1.165) is 32.7 Å². The Bertz CT molecular complexity index is 803. The van der Waals surface area contributed by atoms with Crippen molar-refractivity contribution in [3.8, 4) is 11.5 Å². The van der Waals surface area contributed by atoms with Crippen LogP contribution < -0.4 is 0 Å². The van der Waals surface area contributed by atoms with Crippen LogP contribution in [-0.2, 0) is 4.74 Å². The first kappa shape index (κ1) is 18.7. The van der Waals surface area contributed by atoms with E-state index in [2.05, 4.69) is 56.2 Å². The maximum atomic E-state index is 11.1. The molecule has 1 aromatic carbocycles. The van der Waals surface area contributed by atoms with Crippen molar-refractivity contribution in [2.75, 3.05) is 7.11 Å². The summed E-state index contributed by atoms with van der Waals surface area (Å²) in [6.07, 6.45) is 0.722. The van der Waals surface area contributed by atoms with E-state index in [0.29, 0.717) is 0 Å². The Morgan fingerprint density at radius 2 is 1.88 bits per heavy atom. The number of carbonyl (C=O) groups excluding carboxylic acids is 1. The van der Waals surface area contributed by atoms with E-state index >= 15 is 0 Å². The van der Waals surface area contributed by atoms with Crippen molar-refractivity contribution >= 4 is 25.7 Å². The Morgan fingerprint density at radius 3 is 2.42 bits per heavy atom. The maximum Gasteiger partial charge on any atom is 0.160 e. The van der Waals surface area contributed by atoms with E-state index in [1.54, 1.807) is 7.11 Å². The van der Waals surface area contributed by atoms with Gasteiger partial charge in [0, 0.05) is 17.6 Å². The average Bonchev–Trinajstić information content (AvgIpc) is 2.89. The summed E-state index contributed by atoms with van der Waals surface area (Å²) in [6.45, 7) is 10.8. The number of carbonyl (C=O) groups is 1. The van der Waals surface area contributed by atoms with Crippen LogP contribution in [0, 0.1) is 25.3 Å². The zero-order valence-corrected chi connectivity index (χ0v) is 17.0. The lowest BCUT2D eigenvalue weighted by Crippen LogP contribution is -2.16. The molecular weight excluding hydrogens is 332 g/mol. The molecule has 0 fully saturated rings. The molecule has 1 heterocycles. The number of hydrogen-bond donors (Lipinski definition) is 0. The van der Waals surface area contributed by atoms with Crippen molar-refractivity contribution in [3.63, 3.8) is 0 Å². The highest BCUT2D eigenvalue weighted by Gasteiger charge is 2.20. The molecule has 0 aliphatic heterocycles. The van der Waals surface area contributed by atoms with Gasteiger partial charge in [-0.3, -0.25) is 4.79 Å². The smallest absolute Gasteiger partial charge is 0.160 e. The molecule has 0 radical (unpaired) electrons. The van der Waals surface area contributed by atoms with Crippen LogP contribution in [0.4, 0.5) is 0 Å². The minimum Gasteiger partial charge on any atom is -0.372 e. The number of rotatable bonds is 4. The lowest BCUT2D eigenvalue weighted by molar-refractivity contribution is 0.112. The Morgan fingerprint density at radius 1 is 1.17 bits per heavy atom. The highest BCUT2D eigenvalue weighted by Crippen LogP contribution is 2.34. The topological polar surface area (TPSA) is 26.3 Å². The molecule has 0 saturated heterocycles. The van der Waals surface area contributed by atoms with Gasteiger partial charge in [-0.15, -0.1) is 16.9 Å². The number of methoxy groups -OCH3 is 1. The van der Waals surface area contributed by atoms with Gasteiger partial charge in [0.05, 0.1) is 4.88 Å². The van der Waals surface area contributed by atoms with Crippen molar-refractivity contribution < 1.29 is 9.53 Å². The summed E-state index contributed by atoms with van der Waals surface area (Å²) < 4.78 is 5.79. The average molecular weight is 357 g/mol. The summed E-state index contributed by atoms with van der Waals surface area (Å²) in [5.74, 6) is 3.32. The van der Waals surface area contributed by atoms with E-state index in [9.17, 15) is 4.79 Å². The molecule has 126 valence electrons. The molecule has 0 saturated carbocycles. The molecule has 2 aromatic rings. The largest absolute Gasteiger partial charge is 0.372 e. The zero-order valence-electron chi connectivity index (χ0n) is 15.2. The normalized spacial score (nSPS) is 12.4. The third-order valence-electron chi connectivity index (χ3n) is 3.75. The van der Waals surface area contributed by atoms with Crippen LogP contribution in [0.25, 0.3) is 0 Å². The minimum atomic E-state index is -1.41. The molecule has 0 N–H and O–H groups in total. The number of ether oxygens (including phenoxy) is 1. The number of benzene rings is 1. The van der Waals surface area contributed by atoms with Gasteiger partial charge in [0.25, 0.3) is 0 Å². The van der Waals surface area contributed by atoms with Gasteiger partial charge in [0.2, 0.25) is 0 Å². The van der Waals surface area contributed by atoms with Crippen LogP contribution in [0.2, 0.25) is 19.6 Å². The van der Waals surface area contributed by atoms with Gasteiger partial charge in [-0.1, -0.05) is 31.6 Å². The molecule has 1 unspecified atom stereocenters. The summed E-state index contributed by atoms with van der Waals surface area (Å²) in [5.41, 5.74) is 7.76. The molecule has 0 spiro atoms. The van der Waals surface area contributed by atoms with E-state index in [-0.39, 0.29) is 6.10 Å². The standard InChI is InChI=1S/C20H24O2SSi/c1-14-7-8-16(9-10-24(4,5)6)11-18(14)20(22-3)19-12-17(13-21)23-15(19)2/h7-8,11-13,20H,1-6H3. The zero-order chi connectivity index (χ0) is 17.9. The van der Waals surface area contributed by atoms with Gasteiger partial charge in [-0.05, 0) is 48.7 Å². The lowest BCUT2D eigenvalue weighted by atomic mass is 9.95. The molecule has 0 amide bonds. The van der Waals surface area contributed by atoms with E-state index < -0.39 is 8.07 Å². The molecule has 0 aliphatic carbocycles. The van der Waals surface area contributed by atoms with Crippen LogP contribution >= 0.6 is 11.3 Å². The van der Waals surface area contributed by atoms with Gasteiger partial charge in [-0.2, -0.15) is 0 Å². The molecular formula is C20H24O2SSi. The third kappa shape index (κ3) is 4.45. The van der Waals surface area contributed by atoms with Crippen molar-refractivity contribution in [2.45, 2.75) is 39.6 Å². The van der Waals surface area contributed by atoms with Crippen LogP contribution in [0.1, 0.15) is 42.9 Å². The fourth-order valence-corrected chi connectivity index (χ4v) is 3.91. The van der Waals surface area contributed by atoms with Gasteiger partial charge < -0.3 is 4.74 Å². The minimum absolute atomic E-state index is 0.177. The first-order valence-electron chi connectivity index (χ1n) is 7.97. The molecule has 0 aliphatic rings. The van der Waals surface area contributed by atoms with Crippen molar-refractivity contribution in [2.24, 2.45) is 0 Å². The number of aryl methyl sites for hydroxylation is 2. The predicted octanol–water partition coefficient (Wildman–Crippen LogP) is 5.14. The molecule has 4 heteroatoms. The number of hydrogen-bond acceptors (Lipinski definition) is 3. The summed E-state index contributed by atoms with van der Waals surface area (Å²) in [7, 11) is 0.300. The second-order valence-electron chi connectivity index (χ2n) is 6.97. The van der Waals surface area contributed by atoms with Crippen LogP contribution in [0.15, 0.2) is 24.3 Å². The SMILES string of the molecule is COC(c1cc(C#C[Si](C)(C)C)ccc1C)c1cc(C=O)sc1C. The first-order valence-corrected chi connectivity index (χ1v) is 12.3. The molecule has 2 rings (SSSR count). The van der Waals surface area contributed by atoms with E-state index in [1.165, 1.54) is 16.9 Å². The first-order chi connectivity index (χ1) is 11.2. The molecule has 1 aromatic heterocycles. The van der Waals surface area contributed by atoms with Gasteiger partial charge >= 0.3 is 0 Å².